The Hall–Kier alpha value is -2.61. The second-order valence-corrected chi connectivity index (χ2v) is 10.4. The molecule has 2 amide bonds. The van der Waals surface area contributed by atoms with Gasteiger partial charge in [-0.25, -0.2) is 4.99 Å². The maximum Gasteiger partial charge on any atom is 0.246 e. The number of likely N-dealkylation sites (N-methyl/N-ethyl adjacent to an activating group) is 1. The summed E-state index contributed by atoms with van der Waals surface area (Å²) in [6, 6.07) is 6.57. The standard InChI is InChI=1S/C27H39N5O3/c1-28-26(34)22(32-15-8-11-19-9-4-5-12-21(19)32)13-3-2-6-16-35-23-14-7-10-20-17-31-18-24(33)29-27(31)30-25(20)23/h7,10,14,19,21-22H,2-6,8-9,11-13,15-18H2,1H3,(H,28,34)(H,29,30,33). The zero-order chi connectivity index (χ0) is 24.2. The molecule has 1 saturated carbocycles. The molecule has 190 valence electrons. The van der Waals surface area contributed by atoms with Crippen molar-refractivity contribution in [2.75, 3.05) is 26.7 Å². The number of para-hydroxylation sites is 1. The minimum absolute atomic E-state index is 0.00615. The average molecular weight is 482 g/mol. The lowest BCUT2D eigenvalue weighted by Gasteiger charge is -2.47. The molecule has 3 heterocycles. The quantitative estimate of drug-likeness (QED) is 0.529. The molecule has 3 fully saturated rings. The first-order valence-electron chi connectivity index (χ1n) is 13.5. The zero-order valence-corrected chi connectivity index (χ0v) is 20.9. The van der Waals surface area contributed by atoms with Gasteiger partial charge in [0.15, 0.2) is 0 Å². The molecule has 1 aromatic carbocycles. The van der Waals surface area contributed by atoms with Gasteiger partial charge in [0.1, 0.15) is 18.0 Å². The van der Waals surface area contributed by atoms with Gasteiger partial charge in [-0.05, 0) is 63.5 Å². The number of rotatable bonds is 9. The van der Waals surface area contributed by atoms with E-state index in [0.717, 1.165) is 55.1 Å². The van der Waals surface area contributed by atoms with Crippen molar-refractivity contribution < 1.29 is 14.3 Å². The second-order valence-electron chi connectivity index (χ2n) is 10.4. The van der Waals surface area contributed by atoms with Crippen LogP contribution in [-0.2, 0) is 16.1 Å². The van der Waals surface area contributed by atoms with Crippen molar-refractivity contribution in [3.63, 3.8) is 0 Å². The number of hydrogen-bond acceptors (Lipinski definition) is 6. The molecule has 3 atom stereocenters. The predicted octanol–water partition coefficient (Wildman–Crippen LogP) is 3.33. The molecule has 0 aromatic heterocycles. The molecular weight excluding hydrogens is 442 g/mol. The minimum atomic E-state index is -0.0161. The van der Waals surface area contributed by atoms with Crippen LogP contribution in [0.3, 0.4) is 0 Å². The number of nitrogens with zero attached hydrogens (tertiary/aromatic N) is 3. The summed E-state index contributed by atoms with van der Waals surface area (Å²) in [6.07, 6.45) is 11.7. The van der Waals surface area contributed by atoms with E-state index in [1.807, 2.05) is 23.1 Å². The van der Waals surface area contributed by atoms with Crippen LogP contribution in [0.25, 0.3) is 0 Å². The number of fused-ring (bicyclic) bond motifs is 3. The van der Waals surface area contributed by atoms with Crippen molar-refractivity contribution in [1.82, 2.24) is 20.4 Å². The Morgan fingerprint density at radius 2 is 2.03 bits per heavy atom. The van der Waals surface area contributed by atoms with Crippen molar-refractivity contribution in [3.8, 4) is 5.75 Å². The van der Waals surface area contributed by atoms with E-state index in [9.17, 15) is 9.59 Å². The van der Waals surface area contributed by atoms with E-state index in [1.54, 1.807) is 7.05 Å². The Kier molecular flexibility index (Phi) is 7.56. The normalized spacial score (nSPS) is 24.5. The van der Waals surface area contributed by atoms with Gasteiger partial charge >= 0.3 is 0 Å². The molecule has 1 aliphatic carbocycles. The summed E-state index contributed by atoms with van der Waals surface area (Å²) in [5.74, 6) is 2.34. The Bertz CT molecular complexity index is 962. The Labute approximate surface area is 208 Å². The number of carbonyl (C=O) groups excluding carboxylic acids is 2. The predicted molar refractivity (Wildman–Crippen MR) is 136 cm³/mol. The summed E-state index contributed by atoms with van der Waals surface area (Å²) in [7, 11) is 1.77. The van der Waals surface area contributed by atoms with E-state index in [0.29, 0.717) is 31.7 Å². The molecule has 0 bridgehead atoms. The number of benzene rings is 1. The molecule has 5 rings (SSSR count). The van der Waals surface area contributed by atoms with Gasteiger partial charge < -0.3 is 15.0 Å². The lowest BCUT2D eigenvalue weighted by molar-refractivity contribution is -0.129. The molecule has 2 saturated heterocycles. The van der Waals surface area contributed by atoms with Crippen LogP contribution in [0.15, 0.2) is 23.2 Å². The molecule has 0 spiro atoms. The summed E-state index contributed by atoms with van der Waals surface area (Å²) in [5.41, 5.74) is 1.91. The zero-order valence-electron chi connectivity index (χ0n) is 20.9. The first kappa shape index (κ1) is 24.1. The van der Waals surface area contributed by atoms with Crippen LogP contribution in [-0.4, -0.2) is 66.4 Å². The third-order valence-corrected chi connectivity index (χ3v) is 8.16. The molecule has 3 unspecified atom stereocenters. The van der Waals surface area contributed by atoms with E-state index in [-0.39, 0.29) is 17.9 Å². The third-order valence-electron chi connectivity index (χ3n) is 8.16. The van der Waals surface area contributed by atoms with E-state index in [1.165, 1.54) is 38.5 Å². The largest absolute Gasteiger partial charge is 0.491 e. The third kappa shape index (κ3) is 5.32. The number of hydrogen-bond donors (Lipinski definition) is 2. The molecule has 8 heteroatoms. The topological polar surface area (TPSA) is 86.3 Å². The molecular formula is C27H39N5O3. The van der Waals surface area contributed by atoms with Crippen molar-refractivity contribution in [2.24, 2.45) is 10.9 Å². The fourth-order valence-electron chi connectivity index (χ4n) is 6.43. The highest BCUT2D eigenvalue weighted by atomic mass is 16.5. The number of carbonyl (C=O) groups is 2. The molecule has 8 nitrogen and oxygen atoms in total. The average Bonchev–Trinajstić information content (AvgIpc) is 3.25. The van der Waals surface area contributed by atoms with Gasteiger partial charge in [0.25, 0.3) is 0 Å². The number of nitrogens with one attached hydrogen (secondary N) is 2. The number of unbranched alkanes of at least 4 members (excludes halogenated alkanes) is 2. The van der Waals surface area contributed by atoms with E-state index in [2.05, 4.69) is 20.5 Å². The van der Waals surface area contributed by atoms with Gasteiger partial charge in [0.05, 0.1) is 12.6 Å². The number of likely N-dealkylation sites (tertiary alicyclic amines) is 1. The Morgan fingerprint density at radius 1 is 1.17 bits per heavy atom. The lowest BCUT2D eigenvalue weighted by Crippen LogP contribution is -2.56. The fraction of sp³-hybridized carbons (Fsp3) is 0.667. The first-order chi connectivity index (χ1) is 17.1. The van der Waals surface area contributed by atoms with Gasteiger partial charge in [-0.2, -0.15) is 0 Å². The molecule has 35 heavy (non-hydrogen) atoms. The Balaban J connectivity index is 1.11. The van der Waals surface area contributed by atoms with Crippen molar-refractivity contribution in [1.29, 1.82) is 0 Å². The van der Waals surface area contributed by atoms with E-state index < -0.39 is 0 Å². The number of amides is 2. The van der Waals surface area contributed by atoms with Gasteiger partial charge in [-0.1, -0.05) is 31.4 Å². The van der Waals surface area contributed by atoms with Gasteiger partial charge in [-0.15, -0.1) is 0 Å². The summed E-state index contributed by atoms with van der Waals surface area (Å²) < 4.78 is 6.11. The van der Waals surface area contributed by atoms with Crippen LogP contribution in [0.5, 0.6) is 5.75 Å². The smallest absolute Gasteiger partial charge is 0.246 e. The van der Waals surface area contributed by atoms with Crippen LogP contribution >= 0.6 is 0 Å². The number of aliphatic imine (C=N–C) groups is 1. The minimum Gasteiger partial charge on any atom is -0.491 e. The fourth-order valence-corrected chi connectivity index (χ4v) is 6.43. The second kappa shape index (κ2) is 11.0. The molecule has 3 aliphatic heterocycles. The monoisotopic (exact) mass is 481 g/mol. The van der Waals surface area contributed by atoms with Crippen LogP contribution in [0.4, 0.5) is 5.69 Å². The number of guanidine groups is 1. The summed E-state index contributed by atoms with van der Waals surface area (Å²) in [4.78, 5) is 33.7. The molecule has 0 radical (unpaired) electrons. The highest BCUT2D eigenvalue weighted by molar-refractivity contribution is 6.06. The molecule has 1 aromatic rings. The van der Waals surface area contributed by atoms with Gasteiger partial charge in [0.2, 0.25) is 17.8 Å². The van der Waals surface area contributed by atoms with Crippen molar-refractivity contribution >= 4 is 23.5 Å². The van der Waals surface area contributed by atoms with Crippen LogP contribution in [0.1, 0.15) is 69.8 Å². The van der Waals surface area contributed by atoms with Crippen molar-refractivity contribution in [3.05, 3.63) is 23.8 Å². The van der Waals surface area contributed by atoms with E-state index in [4.69, 9.17) is 4.74 Å². The SMILES string of the molecule is CNC(=O)C(CCCCCOc1cccc2c1N=C1NC(=O)CN1C2)N1CCCC2CCCCC21. The maximum atomic E-state index is 12.8. The first-order valence-corrected chi connectivity index (χ1v) is 13.5. The maximum absolute atomic E-state index is 12.8. The van der Waals surface area contributed by atoms with Gasteiger partial charge in [-0.3, -0.25) is 19.8 Å². The molecule has 2 N–H and O–H groups in total. The Morgan fingerprint density at radius 3 is 2.91 bits per heavy atom. The van der Waals surface area contributed by atoms with Crippen molar-refractivity contribution in [2.45, 2.75) is 82.8 Å². The van der Waals surface area contributed by atoms with Crippen LogP contribution in [0, 0.1) is 5.92 Å². The lowest BCUT2D eigenvalue weighted by atomic mass is 9.77. The number of piperidine rings is 1. The summed E-state index contributed by atoms with van der Waals surface area (Å²) >= 11 is 0. The van der Waals surface area contributed by atoms with E-state index >= 15 is 0 Å². The summed E-state index contributed by atoms with van der Waals surface area (Å²) in [6.45, 7) is 2.71. The number of ether oxygens (including phenoxy) is 1. The van der Waals surface area contributed by atoms with Gasteiger partial charge in [0, 0.05) is 25.2 Å². The van der Waals surface area contributed by atoms with Crippen LogP contribution < -0.4 is 15.4 Å². The molecule has 4 aliphatic rings. The summed E-state index contributed by atoms with van der Waals surface area (Å²) in [5, 5.41) is 5.75. The highest BCUT2D eigenvalue weighted by Gasteiger charge is 2.38. The van der Waals surface area contributed by atoms with Crippen LogP contribution in [0.2, 0.25) is 0 Å². The highest BCUT2D eigenvalue weighted by Crippen LogP contribution is 2.38.